The second kappa shape index (κ2) is 9.65. The van der Waals surface area contributed by atoms with Crippen molar-refractivity contribution in [3.63, 3.8) is 0 Å². The average Bonchev–Trinajstić information content (AvgIpc) is 3.15. The van der Waals surface area contributed by atoms with E-state index in [4.69, 9.17) is 9.84 Å². The largest absolute Gasteiger partial charge is 0.480 e. The first kappa shape index (κ1) is 22.8. The minimum Gasteiger partial charge on any atom is -0.480 e. The lowest BCUT2D eigenvalue weighted by Gasteiger charge is -2.38. The van der Waals surface area contributed by atoms with Crippen LogP contribution in [0.4, 0.5) is 4.79 Å². The van der Waals surface area contributed by atoms with Crippen molar-refractivity contribution in [1.82, 2.24) is 10.6 Å². The van der Waals surface area contributed by atoms with Gasteiger partial charge in [-0.1, -0.05) is 55.5 Å². The van der Waals surface area contributed by atoms with Gasteiger partial charge in [-0.25, -0.2) is 4.79 Å². The van der Waals surface area contributed by atoms with Crippen molar-refractivity contribution in [3.8, 4) is 11.1 Å². The Labute approximate surface area is 193 Å². The first-order valence-corrected chi connectivity index (χ1v) is 11.5. The van der Waals surface area contributed by atoms with E-state index in [2.05, 4.69) is 41.8 Å². The summed E-state index contributed by atoms with van der Waals surface area (Å²) in [5.41, 5.74) is 3.78. The number of fused-ring (bicyclic) bond motifs is 3. The molecule has 0 saturated heterocycles. The third-order valence-electron chi connectivity index (χ3n) is 7.03. The molecule has 1 saturated carbocycles. The van der Waals surface area contributed by atoms with Gasteiger partial charge >= 0.3 is 12.1 Å². The van der Waals surface area contributed by atoms with Crippen LogP contribution in [0.15, 0.2) is 48.5 Å². The van der Waals surface area contributed by atoms with Gasteiger partial charge in [-0.15, -0.1) is 0 Å². The van der Waals surface area contributed by atoms with E-state index in [-0.39, 0.29) is 25.0 Å². The number of rotatable bonds is 7. The van der Waals surface area contributed by atoms with Crippen LogP contribution in [-0.4, -0.2) is 42.8 Å². The smallest absolute Gasteiger partial charge is 0.407 e. The Hall–Kier alpha value is -3.35. The van der Waals surface area contributed by atoms with Gasteiger partial charge in [0.05, 0.1) is 5.41 Å². The minimum atomic E-state index is -1.09. The van der Waals surface area contributed by atoms with Gasteiger partial charge in [-0.3, -0.25) is 9.59 Å². The number of ether oxygens (including phenoxy) is 1. The zero-order valence-corrected chi connectivity index (χ0v) is 18.8. The molecule has 0 aromatic heterocycles. The molecule has 0 unspecified atom stereocenters. The Morgan fingerprint density at radius 1 is 0.970 bits per heavy atom. The average molecular weight is 451 g/mol. The highest BCUT2D eigenvalue weighted by Gasteiger charge is 2.41. The molecule has 2 aliphatic carbocycles. The molecule has 0 bridgehead atoms. The lowest BCUT2D eigenvalue weighted by Crippen LogP contribution is -2.51. The number of hydrogen-bond donors (Lipinski definition) is 3. The number of nitrogens with one attached hydrogen (secondary N) is 2. The summed E-state index contributed by atoms with van der Waals surface area (Å²) in [6.07, 6.45) is 2.34. The van der Waals surface area contributed by atoms with Crippen LogP contribution in [0.3, 0.4) is 0 Å². The molecule has 0 heterocycles. The lowest BCUT2D eigenvalue weighted by atomic mass is 9.70. The van der Waals surface area contributed by atoms with Crippen molar-refractivity contribution in [3.05, 3.63) is 59.7 Å². The minimum absolute atomic E-state index is 0.0356. The fourth-order valence-corrected chi connectivity index (χ4v) is 5.03. The van der Waals surface area contributed by atoms with Gasteiger partial charge in [-0.05, 0) is 53.9 Å². The molecular weight excluding hydrogens is 420 g/mol. The molecule has 2 amide bonds. The molecule has 4 rings (SSSR count). The van der Waals surface area contributed by atoms with E-state index in [1.54, 1.807) is 0 Å². The van der Waals surface area contributed by atoms with E-state index in [1.165, 1.54) is 0 Å². The van der Waals surface area contributed by atoms with Crippen molar-refractivity contribution < 1.29 is 24.2 Å². The van der Waals surface area contributed by atoms with Gasteiger partial charge in [0.2, 0.25) is 5.91 Å². The van der Waals surface area contributed by atoms with Crippen molar-refractivity contribution in [2.24, 2.45) is 11.3 Å². The van der Waals surface area contributed by atoms with Crippen LogP contribution in [-0.2, 0) is 14.3 Å². The van der Waals surface area contributed by atoms with E-state index in [0.717, 1.165) is 35.1 Å². The van der Waals surface area contributed by atoms with E-state index in [9.17, 15) is 14.4 Å². The lowest BCUT2D eigenvalue weighted by molar-refractivity contribution is -0.141. The van der Waals surface area contributed by atoms with Gasteiger partial charge in [0.15, 0.2) is 0 Å². The molecule has 2 aromatic rings. The van der Waals surface area contributed by atoms with Crippen molar-refractivity contribution in [2.45, 2.75) is 38.5 Å². The molecule has 0 radical (unpaired) electrons. The van der Waals surface area contributed by atoms with Crippen LogP contribution in [0.1, 0.15) is 49.7 Å². The summed E-state index contributed by atoms with van der Waals surface area (Å²) in [6.45, 7) is 2.04. The Kier molecular flexibility index (Phi) is 6.67. The number of carboxylic acid groups (broad SMARTS) is 1. The molecule has 1 fully saturated rings. The summed E-state index contributed by atoms with van der Waals surface area (Å²) in [4.78, 5) is 36.3. The Morgan fingerprint density at radius 2 is 1.55 bits per heavy atom. The third kappa shape index (κ3) is 4.87. The number of amides is 2. The van der Waals surface area contributed by atoms with E-state index < -0.39 is 24.0 Å². The molecule has 2 aromatic carbocycles. The number of carbonyl (C=O) groups excluding carboxylic acids is 2. The van der Waals surface area contributed by atoms with Gasteiger partial charge < -0.3 is 20.5 Å². The summed E-state index contributed by atoms with van der Waals surface area (Å²) < 4.78 is 5.60. The van der Waals surface area contributed by atoms with E-state index in [0.29, 0.717) is 18.8 Å². The SMILES string of the molecule is CC1CCC(CNC(=O)OCC2c3ccccc3-c3ccccc32)(C(=O)NCC(=O)O)CC1. The molecule has 0 aliphatic heterocycles. The first-order valence-electron chi connectivity index (χ1n) is 11.5. The Bertz CT molecular complexity index is 997. The van der Waals surface area contributed by atoms with E-state index in [1.807, 2.05) is 24.3 Å². The number of aliphatic carboxylic acids is 1. The maximum Gasteiger partial charge on any atom is 0.407 e. The molecule has 0 spiro atoms. The highest BCUT2D eigenvalue weighted by Crippen LogP contribution is 2.44. The monoisotopic (exact) mass is 450 g/mol. The summed E-state index contributed by atoms with van der Waals surface area (Å²) in [5, 5.41) is 14.2. The summed E-state index contributed by atoms with van der Waals surface area (Å²) in [7, 11) is 0. The van der Waals surface area contributed by atoms with Crippen LogP contribution < -0.4 is 10.6 Å². The van der Waals surface area contributed by atoms with Crippen molar-refractivity contribution in [1.29, 1.82) is 0 Å². The normalized spacial score (nSPS) is 21.5. The van der Waals surface area contributed by atoms with Crippen LogP contribution in [0, 0.1) is 11.3 Å². The molecule has 0 atom stereocenters. The van der Waals surface area contributed by atoms with Crippen LogP contribution in [0.2, 0.25) is 0 Å². The molecule has 7 heteroatoms. The maximum atomic E-state index is 12.8. The molecule has 7 nitrogen and oxygen atoms in total. The summed E-state index contributed by atoms with van der Waals surface area (Å²) in [6, 6.07) is 16.3. The molecule has 2 aliphatic rings. The zero-order chi connectivity index (χ0) is 23.4. The topological polar surface area (TPSA) is 105 Å². The molecule has 174 valence electrons. The molecule has 33 heavy (non-hydrogen) atoms. The first-order chi connectivity index (χ1) is 15.9. The number of carbonyl (C=O) groups is 3. The fourth-order valence-electron chi connectivity index (χ4n) is 5.03. The number of alkyl carbamates (subject to hydrolysis) is 1. The quantitative estimate of drug-likeness (QED) is 0.593. The summed E-state index contributed by atoms with van der Waals surface area (Å²) in [5.74, 6) is -0.950. The maximum absolute atomic E-state index is 12.8. The van der Waals surface area contributed by atoms with Crippen molar-refractivity contribution in [2.75, 3.05) is 19.7 Å². The van der Waals surface area contributed by atoms with Crippen LogP contribution in [0.5, 0.6) is 0 Å². The number of carboxylic acids is 1. The fraction of sp³-hybridized carbons (Fsp3) is 0.423. The second-order valence-corrected chi connectivity index (χ2v) is 9.22. The Morgan fingerprint density at radius 3 is 2.12 bits per heavy atom. The van der Waals surface area contributed by atoms with Gasteiger partial charge in [0, 0.05) is 12.5 Å². The van der Waals surface area contributed by atoms with Crippen LogP contribution in [0.25, 0.3) is 11.1 Å². The highest BCUT2D eigenvalue weighted by atomic mass is 16.5. The third-order valence-corrected chi connectivity index (χ3v) is 7.03. The zero-order valence-electron chi connectivity index (χ0n) is 18.8. The van der Waals surface area contributed by atoms with Gasteiger partial charge in [0.1, 0.15) is 13.2 Å². The summed E-state index contributed by atoms with van der Waals surface area (Å²) >= 11 is 0. The van der Waals surface area contributed by atoms with Gasteiger partial charge in [0.25, 0.3) is 0 Å². The Balaban J connectivity index is 1.39. The predicted molar refractivity (Wildman–Crippen MR) is 124 cm³/mol. The van der Waals surface area contributed by atoms with E-state index >= 15 is 0 Å². The number of hydrogen-bond acceptors (Lipinski definition) is 4. The predicted octanol–water partition coefficient (Wildman–Crippen LogP) is 3.92. The van der Waals surface area contributed by atoms with Gasteiger partial charge in [-0.2, -0.15) is 0 Å². The highest BCUT2D eigenvalue weighted by molar-refractivity contribution is 5.86. The number of benzene rings is 2. The second-order valence-electron chi connectivity index (χ2n) is 9.22. The van der Waals surface area contributed by atoms with Crippen LogP contribution >= 0.6 is 0 Å². The molecule has 3 N–H and O–H groups in total. The standard InChI is InChI=1S/C26H30N2O5/c1-17-10-12-26(13-11-17,24(31)27-14-23(29)30)16-28-25(32)33-15-22-20-8-4-2-6-18(20)19-7-3-5-9-21(19)22/h2-9,17,22H,10-16H2,1H3,(H,27,31)(H,28,32)(H,29,30). The van der Waals surface area contributed by atoms with Crippen molar-refractivity contribution >= 4 is 18.0 Å². The molecular formula is C26H30N2O5.